The van der Waals surface area contributed by atoms with E-state index in [0.29, 0.717) is 10.5 Å². The highest BCUT2D eigenvalue weighted by Gasteiger charge is 2.22. The molecule has 1 atom stereocenters. The number of fused-ring (bicyclic) bond motifs is 1. The van der Waals surface area contributed by atoms with E-state index in [9.17, 15) is 14.1 Å². The fraction of sp³-hybridized carbons (Fsp3) is 0.182. The van der Waals surface area contributed by atoms with Crippen LogP contribution in [0, 0.1) is 6.92 Å². The lowest BCUT2D eigenvalue weighted by molar-refractivity contribution is 0.0587. The van der Waals surface area contributed by atoms with Gasteiger partial charge in [-0.25, -0.2) is 9.78 Å². The van der Waals surface area contributed by atoms with E-state index >= 15 is 0 Å². The number of methoxy groups -OCH3 is 1. The Balaban J connectivity index is 1.72. The average molecular weight is 452 g/mol. The summed E-state index contributed by atoms with van der Waals surface area (Å²) in [6, 6.07) is 12.5. The van der Waals surface area contributed by atoms with Crippen molar-refractivity contribution < 1.29 is 18.9 Å². The fourth-order valence-electron chi connectivity index (χ4n) is 3.32. The largest absolute Gasteiger partial charge is 0.587 e. The maximum Gasteiger partial charge on any atom is 0.356 e. The summed E-state index contributed by atoms with van der Waals surface area (Å²) in [5.74, 6) is -1.01. The highest BCUT2D eigenvalue weighted by atomic mass is 32.2. The second-order valence-corrected chi connectivity index (χ2v) is 8.42. The second kappa shape index (κ2) is 8.85. The number of aryl methyl sites for hydroxylation is 1. The zero-order valence-corrected chi connectivity index (χ0v) is 18.5. The number of aromatic nitrogens is 4. The normalized spacial score (nSPS) is 12.0. The minimum absolute atomic E-state index is 0.108. The van der Waals surface area contributed by atoms with E-state index in [-0.39, 0.29) is 17.9 Å². The van der Waals surface area contributed by atoms with E-state index in [1.54, 1.807) is 22.4 Å². The third-order valence-electron chi connectivity index (χ3n) is 5.00. The average Bonchev–Trinajstić information content (AvgIpc) is 3.43. The van der Waals surface area contributed by atoms with Crippen LogP contribution in [-0.2, 0) is 22.6 Å². The van der Waals surface area contributed by atoms with Gasteiger partial charge in [-0.05, 0) is 36.8 Å². The zero-order valence-electron chi connectivity index (χ0n) is 17.7. The Morgan fingerprint density at radius 1 is 1.19 bits per heavy atom. The second-order valence-electron chi connectivity index (χ2n) is 7.05. The molecule has 1 N–H and O–H groups in total. The number of pyridine rings is 1. The van der Waals surface area contributed by atoms with Crippen LogP contribution in [0.4, 0.5) is 0 Å². The Kier molecular flexibility index (Phi) is 5.97. The Hall–Kier alpha value is -3.63. The molecule has 0 aliphatic rings. The summed E-state index contributed by atoms with van der Waals surface area (Å²) in [5, 5.41) is 7.52. The molecule has 32 heavy (non-hydrogen) atoms. The van der Waals surface area contributed by atoms with Gasteiger partial charge in [0.1, 0.15) is 17.1 Å². The van der Waals surface area contributed by atoms with E-state index in [4.69, 9.17) is 4.74 Å². The number of amides is 1. The molecule has 1 aromatic carbocycles. The number of hydrogen-bond acceptors (Lipinski definition) is 6. The van der Waals surface area contributed by atoms with Gasteiger partial charge in [-0.2, -0.15) is 5.10 Å². The van der Waals surface area contributed by atoms with Gasteiger partial charge in [-0.3, -0.25) is 9.48 Å². The number of benzene rings is 1. The van der Waals surface area contributed by atoms with Crippen molar-refractivity contribution in [1.82, 2.24) is 24.1 Å². The molecule has 3 heterocycles. The summed E-state index contributed by atoms with van der Waals surface area (Å²) < 4.78 is 21.0. The number of rotatable bonds is 6. The molecule has 0 spiro atoms. The van der Waals surface area contributed by atoms with E-state index < -0.39 is 23.2 Å². The quantitative estimate of drug-likeness (QED) is 0.355. The molecular weight excluding hydrogens is 430 g/mol. The van der Waals surface area contributed by atoms with Crippen molar-refractivity contribution in [2.24, 2.45) is 0 Å². The lowest BCUT2D eigenvalue weighted by Crippen LogP contribution is -2.19. The molecule has 9 nitrogen and oxygen atoms in total. The number of hydrogen-bond donors (Lipinski definition) is 1. The standard InChI is InChI=1S/C22H21N5O4S/c1-14-4-6-16(7-5-14)32(30)27-11-9-17-15(8-10-24-20(17)27)13-26-19(22(29)31-3)12-18(25-26)21(28)23-2/h4-12H,13H2,1-3H3,(H,23,28). The maximum absolute atomic E-state index is 13.1. The van der Waals surface area contributed by atoms with Gasteiger partial charge in [0.25, 0.3) is 5.91 Å². The monoisotopic (exact) mass is 451 g/mol. The van der Waals surface area contributed by atoms with E-state index in [2.05, 4.69) is 15.4 Å². The third kappa shape index (κ3) is 3.97. The molecule has 0 aliphatic heterocycles. The van der Waals surface area contributed by atoms with Crippen LogP contribution in [0.25, 0.3) is 11.0 Å². The SMILES string of the molecule is CNC(=O)c1cc(C(=O)OC)n(Cc2ccnc3c2ccn3[S+]([O-])c2ccc(C)cc2)n1. The van der Waals surface area contributed by atoms with Crippen LogP contribution < -0.4 is 5.32 Å². The number of nitrogens with zero attached hydrogens (tertiary/aromatic N) is 4. The van der Waals surface area contributed by atoms with Crippen molar-refractivity contribution >= 4 is 34.3 Å². The van der Waals surface area contributed by atoms with Gasteiger partial charge in [0.05, 0.1) is 19.9 Å². The smallest absolute Gasteiger partial charge is 0.356 e. The first-order valence-electron chi connectivity index (χ1n) is 9.75. The molecule has 0 saturated heterocycles. The first-order chi connectivity index (χ1) is 15.4. The lowest BCUT2D eigenvalue weighted by atomic mass is 10.2. The van der Waals surface area contributed by atoms with Crippen LogP contribution in [-0.4, -0.2) is 49.3 Å². The molecule has 0 fully saturated rings. The van der Waals surface area contributed by atoms with Crippen LogP contribution in [0.3, 0.4) is 0 Å². The van der Waals surface area contributed by atoms with E-state index in [0.717, 1.165) is 16.5 Å². The minimum atomic E-state index is -1.47. The number of carbonyl (C=O) groups excluding carboxylic acids is 2. The van der Waals surface area contributed by atoms with Crippen LogP contribution >= 0.6 is 0 Å². The van der Waals surface area contributed by atoms with Gasteiger partial charge < -0.3 is 14.6 Å². The van der Waals surface area contributed by atoms with Crippen molar-refractivity contribution in [2.75, 3.05) is 14.2 Å². The van der Waals surface area contributed by atoms with E-state index in [1.165, 1.54) is 24.9 Å². The predicted molar refractivity (Wildman–Crippen MR) is 119 cm³/mol. The van der Waals surface area contributed by atoms with Crippen molar-refractivity contribution in [3.8, 4) is 0 Å². The fourth-order valence-corrected chi connectivity index (χ4v) is 4.39. The number of carbonyl (C=O) groups is 2. The number of nitrogens with one attached hydrogen (secondary N) is 1. The lowest BCUT2D eigenvalue weighted by Gasteiger charge is -2.11. The van der Waals surface area contributed by atoms with Gasteiger partial charge in [-0.15, -0.1) is 3.97 Å². The maximum atomic E-state index is 13.1. The van der Waals surface area contributed by atoms with Gasteiger partial charge >= 0.3 is 5.97 Å². The van der Waals surface area contributed by atoms with Crippen LogP contribution in [0.2, 0.25) is 0 Å². The van der Waals surface area contributed by atoms with Crippen LogP contribution in [0.5, 0.6) is 0 Å². The summed E-state index contributed by atoms with van der Waals surface area (Å²) in [7, 11) is 2.76. The summed E-state index contributed by atoms with van der Waals surface area (Å²) in [6.07, 6.45) is 3.33. The van der Waals surface area contributed by atoms with Crippen LogP contribution in [0.15, 0.2) is 59.8 Å². The Labute approximate surface area is 187 Å². The minimum Gasteiger partial charge on any atom is -0.587 e. The highest BCUT2D eigenvalue weighted by Crippen LogP contribution is 2.24. The van der Waals surface area contributed by atoms with Crippen LogP contribution in [0.1, 0.15) is 32.1 Å². The van der Waals surface area contributed by atoms with Gasteiger partial charge in [0.15, 0.2) is 16.2 Å². The molecule has 3 aromatic heterocycles. The molecule has 4 rings (SSSR count). The molecule has 10 heteroatoms. The topological polar surface area (TPSA) is 114 Å². The molecule has 0 saturated carbocycles. The Morgan fingerprint density at radius 3 is 2.62 bits per heavy atom. The Morgan fingerprint density at radius 2 is 1.94 bits per heavy atom. The molecular formula is C22H21N5O4S. The summed E-state index contributed by atoms with van der Waals surface area (Å²) in [4.78, 5) is 29.3. The zero-order chi connectivity index (χ0) is 22.8. The van der Waals surface area contributed by atoms with Gasteiger partial charge in [-0.1, -0.05) is 17.7 Å². The molecule has 1 amide bonds. The molecule has 1 unspecified atom stereocenters. The van der Waals surface area contributed by atoms with Crippen molar-refractivity contribution in [2.45, 2.75) is 18.4 Å². The summed E-state index contributed by atoms with van der Waals surface area (Å²) in [5.41, 5.74) is 2.68. The number of esters is 1. The number of ether oxygens (including phenoxy) is 1. The molecule has 4 aromatic rings. The summed E-state index contributed by atoms with van der Waals surface area (Å²) >= 11 is -1.47. The van der Waals surface area contributed by atoms with E-state index in [1.807, 2.05) is 37.3 Å². The van der Waals surface area contributed by atoms with Gasteiger partial charge in [0, 0.05) is 24.7 Å². The molecule has 164 valence electrons. The molecule has 0 aliphatic carbocycles. The third-order valence-corrected chi connectivity index (χ3v) is 6.33. The van der Waals surface area contributed by atoms with Crippen molar-refractivity contribution in [3.05, 3.63) is 77.4 Å². The van der Waals surface area contributed by atoms with Gasteiger partial charge in [0.2, 0.25) is 0 Å². The molecule has 0 radical (unpaired) electrons. The van der Waals surface area contributed by atoms with Crippen molar-refractivity contribution in [1.29, 1.82) is 0 Å². The Bertz CT molecular complexity index is 1300. The summed E-state index contributed by atoms with van der Waals surface area (Å²) in [6.45, 7) is 2.17. The first kappa shape index (κ1) is 21.6. The molecule has 0 bridgehead atoms. The first-order valence-corrected chi connectivity index (χ1v) is 10.9. The highest BCUT2D eigenvalue weighted by molar-refractivity contribution is 7.90. The van der Waals surface area contributed by atoms with Crippen molar-refractivity contribution in [3.63, 3.8) is 0 Å². The predicted octanol–water partition coefficient (Wildman–Crippen LogP) is 2.31.